The Hall–Kier alpha value is -1.81. The standard InChI is InChI=1S/C18H23NO2S/c1-2-3-11-21-18(20)8-5-10-19-17-7-4-6-15(13-17)16-9-12-22-14-16/h4,6-7,9,12-14,19H,2-3,5,8,10-11H2,1H3. The first kappa shape index (κ1) is 16.6. The van der Waals surface area contributed by atoms with Crippen molar-refractivity contribution in [2.24, 2.45) is 0 Å². The molecule has 0 radical (unpaired) electrons. The van der Waals surface area contributed by atoms with Crippen LogP contribution in [0.15, 0.2) is 41.1 Å². The van der Waals surface area contributed by atoms with Gasteiger partial charge in [-0.15, -0.1) is 0 Å². The van der Waals surface area contributed by atoms with E-state index in [1.165, 1.54) is 11.1 Å². The minimum absolute atomic E-state index is 0.0951. The number of carbonyl (C=O) groups is 1. The van der Waals surface area contributed by atoms with Crippen molar-refractivity contribution in [2.45, 2.75) is 32.6 Å². The zero-order valence-corrected chi connectivity index (χ0v) is 13.8. The van der Waals surface area contributed by atoms with E-state index < -0.39 is 0 Å². The van der Waals surface area contributed by atoms with Gasteiger partial charge in [0.2, 0.25) is 0 Å². The van der Waals surface area contributed by atoms with Gasteiger partial charge in [0, 0.05) is 18.7 Å². The number of benzene rings is 1. The molecular formula is C18H23NO2S. The van der Waals surface area contributed by atoms with Gasteiger partial charge in [-0.3, -0.25) is 4.79 Å². The maximum absolute atomic E-state index is 11.5. The second-order valence-corrected chi connectivity index (χ2v) is 5.98. The molecule has 0 fully saturated rings. The molecule has 2 rings (SSSR count). The number of thiophene rings is 1. The minimum atomic E-state index is -0.0951. The Morgan fingerprint density at radius 2 is 2.14 bits per heavy atom. The number of esters is 1. The van der Waals surface area contributed by atoms with E-state index in [2.05, 4.69) is 47.3 Å². The van der Waals surface area contributed by atoms with Crippen LogP contribution in [0.2, 0.25) is 0 Å². The van der Waals surface area contributed by atoms with Crippen molar-refractivity contribution in [3.05, 3.63) is 41.1 Å². The van der Waals surface area contributed by atoms with Crippen molar-refractivity contribution < 1.29 is 9.53 Å². The molecule has 0 bridgehead atoms. The molecule has 22 heavy (non-hydrogen) atoms. The Bertz CT molecular complexity index is 566. The van der Waals surface area contributed by atoms with Crippen LogP contribution in [-0.2, 0) is 9.53 Å². The summed E-state index contributed by atoms with van der Waals surface area (Å²) in [5, 5.41) is 7.59. The number of unbranched alkanes of at least 4 members (excludes halogenated alkanes) is 1. The molecule has 1 heterocycles. The minimum Gasteiger partial charge on any atom is -0.466 e. The number of rotatable bonds is 9. The molecule has 0 spiro atoms. The Morgan fingerprint density at radius 3 is 2.91 bits per heavy atom. The molecule has 0 unspecified atom stereocenters. The number of nitrogens with one attached hydrogen (secondary N) is 1. The molecule has 0 saturated heterocycles. The van der Waals surface area contributed by atoms with Crippen molar-refractivity contribution >= 4 is 23.0 Å². The highest BCUT2D eigenvalue weighted by molar-refractivity contribution is 7.08. The van der Waals surface area contributed by atoms with Crippen LogP contribution in [-0.4, -0.2) is 19.1 Å². The van der Waals surface area contributed by atoms with Gasteiger partial charge in [0.25, 0.3) is 0 Å². The molecule has 3 nitrogen and oxygen atoms in total. The Labute approximate surface area is 136 Å². The second-order valence-electron chi connectivity index (χ2n) is 5.20. The number of hydrogen-bond donors (Lipinski definition) is 1. The number of carbonyl (C=O) groups excluding carboxylic acids is 1. The van der Waals surface area contributed by atoms with Crippen molar-refractivity contribution in [2.75, 3.05) is 18.5 Å². The first-order valence-electron chi connectivity index (χ1n) is 7.81. The van der Waals surface area contributed by atoms with Gasteiger partial charge in [-0.1, -0.05) is 25.5 Å². The van der Waals surface area contributed by atoms with E-state index in [-0.39, 0.29) is 5.97 Å². The third-order valence-corrected chi connectivity index (χ3v) is 4.05. The van der Waals surface area contributed by atoms with E-state index >= 15 is 0 Å². The fraction of sp³-hybridized carbons (Fsp3) is 0.389. The maximum atomic E-state index is 11.5. The van der Waals surface area contributed by atoms with E-state index in [4.69, 9.17) is 4.74 Å². The van der Waals surface area contributed by atoms with Crippen molar-refractivity contribution in [3.63, 3.8) is 0 Å². The van der Waals surface area contributed by atoms with Crippen molar-refractivity contribution in [1.82, 2.24) is 0 Å². The molecule has 4 heteroatoms. The Balaban J connectivity index is 1.71. The monoisotopic (exact) mass is 317 g/mol. The molecule has 0 amide bonds. The zero-order valence-electron chi connectivity index (χ0n) is 13.0. The van der Waals surface area contributed by atoms with Crippen LogP contribution in [0.4, 0.5) is 5.69 Å². The predicted octanol–water partition coefficient (Wildman–Crippen LogP) is 4.95. The first-order chi connectivity index (χ1) is 10.8. The summed E-state index contributed by atoms with van der Waals surface area (Å²) in [6, 6.07) is 10.5. The summed E-state index contributed by atoms with van der Waals surface area (Å²) in [5.41, 5.74) is 3.54. The summed E-state index contributed by atoms with van der Waals surface area (Å²) >= 11 is 1.70. The summed E-state index contributed by atoms with van der Waals surface area (Å²) in [5.74, 6) is -0.0951. The number of hydrogen-bond acceptors (Lipinski definition) is 4. The molecule has 1 aromatic heterocycles. The average molecular weight is 317 g/mol. The average Bonchev–Trinajstić information content (AvgIpc) is 3.07. The summed E-state index contributed by atoms with van der Waals surface area (Å²) in [6.45, 7) is 3.41. The Kier molecular flexibility index (Phi) is 6.97. The van der Waals surface area contributed by atoms with E-state index in [1.54, 1.807) is 11.3 Å². The highest BCUT2D eigenvalue weighted by atomic mass is 32.1. The smallest absolute Gasteiger partial charge is 0.305 e. The normalized spacial score (nSPS) is 10.4. The molecule has 1 N–H and O–H groups in total. The molecular weight excluding hydrogens is 294 g/mol. The molecule has 0 saturated carbocycles. The van der Waals surface area contributed by atoms with Crippen LogP contribution in [0, 0.1) is 0 Å². The first-order valence-corrected chi connectivity index (χ1v) is 8.76. The maximum Gasteiger partial charge on any atom is 0.305 e. The van der Waals surface area contributed by atoms with Crippen molar-refractivity contribution in [1.29, 1.82) is 0 Å². The predicted molar refractivity (Wildman–Crippen MR) is 93.3 cm³/mol. The lowest BCUT2D eigenvalue weighted by atomic mass is 10.1. The molecule has 0 atom stereocenters. The van der Waals surface area contributed by atoms with Crippen LogP contribution in [0.5, 0.6) is 0 Å². The van der Waals surface area contributed by atoms with Crippen LogP contribution < -0.4 is 5.32 Å². The highest BCUT2D eigenvalue weighted by Gasteiger charge is 2.03. The fourth-order valence-electron chi connectivity index (χ4n) is 2.11. The van der Waals surface area contributed by atoms with Gasteiger partial charge < -0.3 is 10.1 Å². The quantitative estimate of drug-likeness (QED) is 0.525. The summed E-state index contributed by atoms with van der Waals surface area (Å²) in [4.78, 5) is 11.5. The third-order valence-electron chi connectivity index (χ3n) is 3.36. The summed E-state index contributed by atoms with van der Waals surface area (Å²) < 4.78 is 5.14. The van der Waals surface area contributed by atoms with Gasteiger partial charge >= 0.3 is 5.97 Å². The van der Waals surface area contributed by atoms with Gasteiger partial charge in [0.15, 0.2) is 0 Å². The molecule has 0 aliphatic rings. The number of ether oxygens (including phenoxy) is 1. The summed E-state index contributed by atoms with van der Waals surface area (Å²) in [7, 11) is 0. The fourth-order valence-corrected chi connectivity index (χ4v) is 2.77. The van der Waals surface area contributed by atoms with Gasteiger partial charge in [-0.2, -0.15) is 11.3 Å². The molecule has 118 valence electrons. The van der Waals surface area contributed by atoms with Crippen LogP contribution in [0.3, 0.4) is 0 Å². The molecule has 2 aromatic rings. The van der Waals surface area contributed by atoms with Gasteiger partial charge in [0.05, 0.1) is 6.61 Å². The van der Waals surface area contributed by atoms with E-state index in [0.29, 0.717) is 13.0 Å². The third kappa shape index (κ3) is 5.53. The largest absolute Gasteiger partial charge is 0.466 e. The lowest BCUT2D eigenvalue weighted by Gasteiger charge is -2.08. The van der Waals surface area contributed by atoms with Gasteiger partial charge in [-0.25, -0.2) is 0 Å². The zero-order chi connectivity index (χ0) is 15.6. The van der Waals surface area contributed by atoms with E-state index in [1.807, 2.05) is 6.07 Å². The molecule has 0 aliphatic heterocycles. The summed E-state index contributed by atoms with van der Waals surface area (Å²) in [6.07, 6.45) is 3.25. The number of anilines is 1. The van der Waals surface area contributed by atoms with Crippen LogP contribution in [0.1, 0.15) is 32.6 Å². The van der Waals surface area contributed by atoms with Crippen LogP contribution >= 0.6 is 11.3 Å². The topological polar surface area (TPSA) is 38.3 Å². The van der Waals surface area contributed by atoms with E-state index in [0.717, 1.165) is 31.5 Å². The lowest BCUT2D eigenvalue weighted by molar-refractivity contribution is -0.143. The van der Waals surface area contributed by atoms with Gasteiger partial charge in [-0.05, 0) is 52.9 Å². The second kappa shape index (κ2) is 9.26. The van der Waals surface area contributed by atoms with E-state index in [9.17, 15) is 4.79 Å². The molecule has 1 aromatic carbocycles. The van der Waals surface area contributed by atoms with Crippen LogP contribution in [0.25, 0.3) is 11.1 Å². The highest BCUT2D eigenvalue weighted by Crippen LogP contribution is 2.24. The lowest BCUT2D eigenvalue weighted by Crippen LogP contribution is -2.09. The van der Waals surface area contributed by atoms with Crippen molar-refractivity contribution in [3.8, 4) is 11.1 Å². The molecule has 0 aliphatic carbocycles. The SMILES string of the molecule is CCCCOC(=O)CCCNc1cccc(-c2ccsc2)c1. The Morgan fingerprint density at radius 1 is 1.23 bits per heavy atom. The van der Waals surface area contributed by atoms with Gasteiger partial charge in [0.1, 0.15) is 0 Å².